The number of aromatic nitrogens is 3. The van der Waals surface area contributed by atoms with Crippen LogP contribution in [0.5, 0.6) is 0 Å². The molecule has 2 aromatic rings. The summed E-state index contributed by atoms with van der Waals surface area (Å²) in [6.07, 6.45) is 6.01. The zero-order valence-corrected chi connectivity index (χ0v) is 9.39. The molecule has 0 bridgehead atoms. The summed E-state index contributed by atoms with van der Waals surface area (Å²) in [7, 11) is 0. The molecule has 2 heterocycles. The van der Waals surface area contributed by atoms with Crippen molar-refractivity contribution >= 4 is 23.4 Å². The van der Waals surface area contributed by atoms with Gasteiger partial charge in [0.2, 0.25) is 0 Å². The van der Waals surface area contributed by atoms with Crippen molar-refractivity contribution in [3.63, 3.8) is 0 Å². The summed E-state index contributed by atoms with van der Waals surface area (Å²) in [6.45, 7) is 0. The second-order valence-electron chi connectivity index (χ2n) is 3.06. The Kier molecular flexibility index (Phi) is 3.20. The summed E-state index contributed by atoms with van der Waals surface area (Å²) in [5.41, 5.74) is 5.68. The van der Waals surface area contributed by atoms with Crippen molar-refractivity contribution in [1.82, 2.24) is 15.0 Å². The number of pyridine rings is 1. The van der Waals surface area contributed by atoms with Crippen LogP contribution in [0.1, 0.15) is 10.4 Å². The molecule has 17 heavy (non-hydrogen) atoms. The molecule has 0 aliphatic heterocycles. The van der Waals surface area contributed by atoms with E-state index in [1.165, 1.54) is 24.0 Å². The lowest BCUT2D eigenvalue weighted by Gasteiger charge is -2.03. The van der Waals surface area contributed by atoms with Gasteiger partial charge < -0.3 is 10.8 Å². The van der Waals surface area contributed by atoms with Crippen LogP contribution < -0.4 is 5.73 Å². The second-order valence-corrected chi connectivity index (χ2v) is 4.10. The first kappa shape index (κ1) is 11.3. The van der Waals surface area contributed by atoms with Gasteiger partial charge in [-0.3, -0.25) is 4.98 Å². The van der Waals surface area contributed by atoms with E-state index in [0.29, 0.717) is 10.1 Å². The molecule has 0 atom stereocenters. The molecule has 0 saturated carbocycles. The number of hydrogen-bond acceptors (Lipinski definition) is 6. The molecule has 0 amide bonds. The molecule has 0 aliphatic carbocycles. The monoisotopic (exact) mass is 248 g/mol. The minimum Gasteiger partial charge on any atom is -0.478 e. The van der Waals surface area contributed by atoms with Gasteiger partial charge in [-0.1, -0.05) is 0 Å². The number of carboxylic acids is 1. The topological polar surface area (TPSA) is 102 Å². The van der Waals surface area contributed by atoms with Gasteiger partial charge in [0.15, 0.2) is 0 Å². The van der Waals surface area contributed by atoms with Crippen LogP contribution in [-0.4, -0.2) is 26.0 Å². The minimum absolute atomic E-state index is 0.0337. The van der Waals surface area contributed by atoms with E-state index in [1.54, 1.807) is 18.6 Å². The third-order valence-electron chi connectivity index (χ3n) is 1.89. The zero-order valence-electron chi connectivity index (χ0n) is 8.57. The summed E-state index contributed by atoms with van der Waals surface area (Å²) in [5.74, 6) is -1.08. The van der Waals surface area contributed by atoms with E-state index in [4.69, 9.17) is 10.8 Å². The lowest BCUT2D eigenvalue weighted by Crippen LogP contribution is -2.03. The molecule has 6 nitrogen and oxygen atoms in total. The van der Waals surface area contributed by atoms with Gasteiger partial charge in [0.25, 0.3) is 0 Å². The number of anilines is 1. The Labute approximate surface area is 101 Å². The second kappa shape index (κ2) is 4.79. The van der Waals surface area contributed by atoms with E-state index in [9.17, 15) is 4.79 Å². The standard InChI is InChI=1S/C10H8N4O2S/c11-7-4-14-8(3-6(7)10(15)16)17-9-5-12-1-2-13-9/h1-5H,11H2,(H,15,16). The Morgan fingerprint density at radius 1 is 1.24 bits per heavy atom. The summed E-state index contributed by atoms with van der Waals surface area (Å²) in [4.78, 5) is 22.9. The molecule has 0 saturated heterocycles. The highest BCUT2D eigenvalue weighted by Crippen LogP contribution is 2.25. The molecule has 0 fully saturated rings. The van der Waals surface area contributed by atoms with E-state index in [-0.39, 0.29) is 11.3 Å². The quantitative estimate of drug-likeness (QED) is 0.843. The zero-order chi connectivity index (χ0) is 12.3. The van der Waals surface area contributed by atoms with Crippen LogP contribution in [0.2, 0.25) is 0 Å². The fourth-order valence-corrected chi connectivity index (χ4v) is 1.86. The molecule has 0 aliphatic rings. The molecule has 7 heteroatoms. The van der Waals surface area contributed by atoms with Gasteiger partial charge in [-0.05, 0) is 17.8 Å². The van der Waals surface area contributed by atoms with Crippen molar-refractivity contribution in [2.45, 2.75) is 10.1 Å². The van der Waals surface area contributed by atoms with Gasteiger partial charge in [0.1, 0.15) is 10.1 Å². The number of nitrogens with two attached hydrogens (primary N) is 1. The molecular weight excluding hydrogens is 240 g/mol. The van der Waals surface area contributed by atoms with Crippen molar-refractivity contribution in [3.8, 4) is 0 Å². The summed E-state index contributed by atoms with van der Waals surface area (Å²) < 4.78 is 0. The SMILES string of the molecule is Nc1cnc(Sc2cnccn2)cc1C(=O)O. The number of rotatable bonds is 3. The van der Waals surface area contributed by atoms with Crippen LogP contribution in [0.25, 0.3) is 0 Å². The average Bonchev–Trinajstić information content (AvgIpc) is 2.32. The molecular formula is C10H8N4O2S. The first-order valence-corrected chi connectivity index (χ1v) is 5.41. The van der Waals surface area contributed by atoms with Crippen molar-refractivity contribution in [1.29, 1.82) is 0 Å². The number of nitrogen functional groups attached to an aromatic ring is 1. The molecule has 86 valence electrons. The lowest BCUT2D eigenvalue weighted by atomic mass is 10.2. The Balaban J connectivity index is 2.29. The lowest BCUT2D eigenvalue weighted by molar-refractivity contribution is 0.0697. The van der Waals surface area contributed by atoms with Gasteiger partial charge in [0, 0.05) is 12.4 Å². The fraction of sp³-hybridized carbons (Fsp3) is 0. The van der Waals surface area contributed by atoms with Gasteiger partial charge >= 0.3 is 5.97 Å². The normalized spacial score (nSPS) is 10.1. The Morgan fingerprint density at radius 2 is 2.06 bits per heavy atom. The number of hydrogen-bond donors (Lipinski definition) is 2. The number of nitrogens with zero attached hydrogens (tertiary/aromatic N) is 3. The van der Waals surface area contributed by atoms with Crippen LogP contribution in [0.4, 0.5) is 5.69 Å². The van der Waals surface area contributed by atoms with E-state index in [2.05, 4.69) is 15.0 Å². The van der Waals surface area contributed by atoms with Crippen molar-refractivity contribution in [2.24, 2.45) is 0 Å². The summed E-state index contributed by atoms with van der Waals surface area (Å²) in [5, 5.41) is 10.1. The van der Waals surface area contributed by atoms with Crippen LogP contribution >= 0.6 is 11.8 Å². The van der Waals surface area contributed by atoms with E-state index in [0.717, 1.165) is 0 Å². The molecule has 0 aromatic carbocycles. The van der Waals surface area contributed by atoms with Crippen LogP contribution in [0, 0.1) is 0 Å². The third-order valence-corrected chi connectivity index (χ3v) is 2.74. The van der Waals surface area contributed by atoms with Crippen LogP contribution in [-0.2, 0) is 0 Å². The van der Waals surface area contributed by atoms with Gasteiger partial charge in [-0.2, -0.15) is 0 Å². The first-order valence-electron chi connectivity index (χ1n) is 4.59. The largest absolute Gasteiger partial charge is 0.478 e. The highest BCUT2D eigenvalue weighted by molar-refractivity contribution is 7.99. The molecule has 3 N–H and O–H groups in total. The number of carboxylic acid groups (broad SMARTS) is 1. The molecule has 0 radical (unpaired) electrons. The maximum atomic E-state index is 10.9. The highest BCUT2D eigenvalue weighted by atomic mass is 32.2. The maximum absolute atomic E-state index is 10.9. The van der Waals surface area contributed by atoms with Crippen molar-refractivity contribution in [2.75, 3.05) is 5.73 Å². The van der Waals surface area contributed by atoms with E-state index in [1.807, 2.05) is 0 Å². The number of carbonyl (C=O) groups is 1. The molecule has 2 aromatic heterocycles. The minimum atomic E-state index is -1.08. The van der Waals surface area contributed by atoms with Crippen LogP contribution in [0.3, 0.4) is 0 Å². The van der Waals surface area contributed by atoms with Crippen molar-refractivity contribution < 1.29 is 9.90 Å². The van der Waals surface area contributed by atoms with Gasteiger partial charge in [0.05, 0.1) is 23.6 Å². The van der Waals surface area contributed by atoms with Crippen molar-refractivity contribution in [3.05, 3.63) is 36.4 Å². The maximum Gasteiger partial charge on any atom is 0.337 e. The number of aromatic carboxylic acids is 1. The molecule has 0 unspecified atom stereocenters. The van der Waals surface area contributed by atoms with Gasteiger partial charge in [-0.25, -0.2) is 14.8 Å². The predicted octanol–water partition coefficient (Wildman–Crippen LogP) is 1.30. The van der Waals surface area contributed by atoms with E-state index < -0.39 is 5.97 Å². The van der Waals surface area contributed by atoms with E-state index >= 15 is 0 Å². The predicted molar refractivity (Wildman–Crippen MR) is 61.8 cm³/mol. The Hall–Kier alpha value is -2.15. The average molecular weight is 248 g/mol. The third kappa shape index (κ3) is 2.70. The Bertz CT molecular complexity index is 547. The van der Waals surface area contributed by atoms with Gasteiger partial charge in [-0.15, -0.1) is 0 Å². The van der Waals surface area contributed by atoms with Crippen LogP contribution in [0.15, 0.2) is 40.9 Å². The molecule has 2 rings (SSSR count). The summed E-state index contributed by atoms with van der Waals surface area (Å²) >= 11 is 1.22. The Morgan fingerprint density at radius 3 is 2.71 bits per heavy atom. The fourth-order valence-electron chi connectivity index (χ4n) is 1.13. The molecule has 0 spiro atoms. The summed E-state index contributed by atoms with van der Waals surface area (Å²) in [6, 6.07) is 1.41. The first-order chi connectivity index (χ1) is 8.16. The smallest absolute Gasteiger partial charge is 0.337 e. The highest BCUT2D eigenvalue weighted by Gasteiger charge is 2.10.